The summed E-state index contributed by atoms with van der Waals surface area (Å²) in [6.45, 7) is 6.36. The van der Waals surface area contributed by atoms with Crippen LogP contribution in [0.5, 0.6) is 0 Å². The Balaban J connectivity index is 2.28. The minimum absolute atomic E-state index is 0.277. The molecule has 0 spiro atoms. The molecule has 0 aromatic heterocycles. The average Bonchev–Trinajstić information content (AvgIpc) is 2.67. The van der Waals surface area contributed by atoms with Crippen molar-refractivity contribution >= 4 is 6.29 Å². The van der Waals surface area contributed by atoms with Gasteiger partial charge in [-0.15, -0.1) is 0 Å². The average molecular weight is 215 g/mol. The van der Waals surface area contributed by atoms with Crippen LogP contribution >= 0.6 is 0 Å². The number of carbonyl (C=O) groups is 1. The zero-order valence-corrected chi connectivity index (χ0v) is 9.70. The predicted octanol–water partition coefficient (Wildman–Crippen LogP) is 0.560. The molecule has 1 heterocycles. The van der Waals surface area contributed by atoms with Crippen LogP contribution in [-0.2, 0) is 14.3 Å². The number of likely N-dealkylation sites (N-methyl/N-ethyl adjacent to an activating group) is 1. The molecule has 1 unspecified atom stereocenters. The van der Waals surface area contributed by atoms with Crippen molar-refractivity contribution in [2.75, 3.05) is 46.6 Å². The number of hydrogen-bond donors (Lipinski definition) is 0. The van der Waals surface area contributed by atoms with Crippen LogP contribution in [0.25, 0.3) is 0 Å². The lowest BCUT2D eigenvalue weighted by Crippen LogP contribution is -2.38. The largest absolute Gasteiger partial charge is 0.380 e. The monoisotopic (exact) mass is 215 g/mol. The minimum Gasteiger partial charge on any atom is -0.380 e. The normalized spacial score (nSPS) is 26.1. The number of carbonyl (C=O) groups excluding carboxylic acids is 1. The number of hydrogen-bond acceptors (Lipinski definition) is 4. The maximum atomic E-state index is 11.1. The molecule has 88 valence electrons. The van der Waals surface area contributed by atoms with Gasteiger partial charge in [0.1, 0.15) is 6.29 Å². The maximum Gasteiger partial charge on any atom is 0.129 e. The molecule has 0 N–H and O–H groups in total. The van der Waals surface area contributed by atoms with Crippen LogP contribution in [0.15, 0.2) is 0 Å². The van der Waals surface area contributed by atoms with Gasteiger partial charge in [-0.2, -0.15) is 0 Å². The fourth-order valence-electron chi connectivity index (χ4n) is 1.86. The zero-order valence-electron chi connectivity index (χ0n) is 9.70. The summed E-state index contributed by atoms with van der Waals surface area (Å²) in [6, 6.07) is 0. The zero-order chi connectivity index (χ0) is 11.1. The summed E-state index contributed by atoms with van der Waals surface area (Å²) in [5.74, 6) is 0. The van der Waals surface area contributed by atoms with Gasteiger partial charge in [-0.3, -0.25) is 0 Å². The van der Waals surface area contributed by atoms with Gasteiger partial charge in [0.15, 0.2) is 0 Å². The molecule has 0 saturated carbocycles. The van der Waals surface area contributed by atoms with Gasteiger partial charge in [0.2, 0.25) is 0 Å². The second kappa shape index (κ2) is 6.20. The third-order valence-corrected chi connectivity index (χ3v) is 2.79. The van der Waals surface area contributed by atoms with Crippen molar-refractivity contribution < 1.29 is 14.3 Å². The molecule has 0 aliphatic carbocycles. The molecule has 4 heteroatoms. The molecule has 0 radical (unpaired) electrons. The predicted molar refractivity (Wildman–Crippen MR) is 57.9 cm³/mol. The Labute approximate surface area is 91.5 Å². The highest BCUT2D eigenvalue weighted by atomic mass is 16.5. The Morgan fingerprint density at radius 3 is 2.93 bits per heavy atom. The molecule has 0 aromatic rings. The Morgan fingerprint density at radius 1 is 1.60 bits per heavy atom. The highest BCUT2D eigenvalue weighted by Crippen LogP contribution is 2.26. The van der Waals surface area contributed by atoms with Crippen LogP contribution in [0.4, 0.5) is 0 Å². The SMILES string of the molecule is CCOCCN(C)CC1(C=O)CCOC1. The van der Waals surface area contributed by atoms with Crippen LogP contribution < -0.4 is 0 Å². The summed E-state index contributed by atoms with van der Waals surface area (Å²) in [7, 11) is 2.02. The fourth-order valence-corrected chi connectivity index (χ4v) is 1.86. The molecule has 1 saturated heterocycles. The van der Waals surface area contributed by atoms with Crippen LogP contribution in [0.1, 0.15) is 13.3 Å². The standard InChI is InChI=1S/C11H21NO3/c1-3-14-7-5-12(2)8-11(9-13)4-6-15-10-11/h9H,3-8,10H2,1-2H3. The van der Waals surface area contributed by atoms with E-state index in [4.69, 9.17) is 9.47 Å². The summed E-state index contributed by atoms with van der Waals surface area (Å²) < 4.78 is 10.6. The first-order valence-electron chi connectivity index (χ1n) is 5.53. The van der Waals surface area contributed by atoms with E-state index in [0.29, 0.717) is 13.2 Å². The van der Waals surface area contributed by atoms with E-state index in [2.05, 4.69) is 4.90 Å². The topological polar surface area (TPSA) is 38.8 Å². The van der Waals surface area contributed by atoms with E-state index in [1.54, 1.807) is 0 Å². The number of rotatable bonds is 7. The molecule has 0 bridgehead atoms. The van der Waals surface area contributed by atoms with Gasteiger partial charge in [-0.25, -0.2) is 0 Å². The van der Waals surface area contributed by atoms with Crippen molar-refractivity contribution in [3.8, 4) is 0 Å². The van der Waals surface area contributed by atoms with E-state index in [1.807, 2.05) is 14.0 Å². The molecule has 0 aromatic carbocycles. The molecule has 1 atom stereocenters. The van der Waals surface area contributed by atoms with Crippen LogP contribution in [-0.4, -0.2) is 57.8 Å². The third-order valence-electron chi connectivity index (χ3n) is 2.79. The van der Waals surface area contributed by atoms with Gasteiger partial charge in [0, 0.05) is 26.3 Å². The fraction of sp³-hybridized carbons (Fsp3) is 0.909. The molecular formula is C11H21NO3. The van der Waals surface area contributed by atoms with E-state index in [-0.39, 0.29) is 5.41 Å². The molecule has 1 rings (SSSR count). The van der Waals surface area contributed by atoms with Crippen LogP contribution in [0.3, 0.4) is 0 Å². The van der Waals surface area contributed by atoms with Gasteiger partial charge in [-0.1, -0.05) is 0 Å². The first-order chi connectivity index (χ1) is 7.22. The van der Waals surface area contributed by atoms with Gasteiger partial charge in [0.05, 0.1) is 18.6 Å². The van der Waals surface area contributed by atoms with Crippen molar-refractivity contribution in [1.82, 2.24) is 4.90 Å². The van der Waals surface area contributed by atoms with Gasteiger partial charge in [-0.05, 0) is 20.4 Å². The second-order valence-electron chi connectivity index (χ2n) is 4.22. The lowest BCUT2D eigenvalue weighted by atomic mass is 9.89. The van der Waals surface area contributed by atoms with E-state index in [1.165, 1.54) is 0 Å². The molecule has 15 heavy (non-hydrogen) atoms. The highest BCUT2D eigenvalue weighted by Gasteiger charge is 2.35. The lowest BCUT2D eigenvalue weighted by Gasteiger charge is -2.26. The van der Waals surface area contributed by atoms with Crippen LogP contribution in [0.2, 0.25) is 0 Å². The smallest absolute Gasteiger partial charge is 0.129 e. The van der Waals surface area contributed by atoms with E-state index in [0.717, 1.165) is 39.0 Å². The van der Waals surface area contributed by atoms with Crippen molar-refractivity contribution in [2.45, 2.75) is 13.3 Å². The Hall–Kier alpha value is -0.450. The molecule has 1 fully saturated rings. The summed E-state index contributed by atoms with van der Waals surface area (Å²) in [6.07, 6.45) is 1.90. The Morgan fingerprint density at radius 2 is 2.40 bits per heavy atom. The summed E-state index contributed by atoms with van der Waals surface area (Å²) in [5, 5.41) is 0. The van der Waals surface area contributed by atoms with E-state index >= 15 is 0 Å². The Kier molecular flexibility index (Phi) is 5.22. The summed E-state index contributed by atoms with van der Waals surface area (Å²) >= 11 is 0. The molecule has 0 amide bonds. The summed E-state index contributed by atoms with van der Waals surface area (Å²) in [5.41, 5.74) is -0.277. The first kappa shape index (κ1) is 12.6. The van der Waals surface area contributed by atoms with Crippen molar-refractivity contribution in [3.05, 3.63) is 0 Å². The Bertz CT molecular complexity index is 190. The van der Waals surface area contributed by atoms with Gasteiger partial charge in [0.25, 0.3) is 0 Å². The number of ether oxygens (including phenoxy) is 2. The van der Waals surface area contributed by atoms with Crippen molar-refractivity contribution in [1.29, 1.82) is 0 Å². The number of nitrogens with zero attached hydrogens (tertiary/aromatic N) is 1. The third kappa shape index (κ3) is 3.89. The van der Waals surface area contributed by atoms with Crippen molar-refractivity contribution in [2.24, 2.45) is 5.41 Å². The van der Waals surface area contributed by atoms with E-state index < -0.39 is 0 Å². The minimum atomic E-state index is -0.277. The molecular weight excluding hydrogens is 194 g/mol. The maximum absolute atomic E-state index is 11.1. The molecule has 1 aliphatic heterocycles. The van der Waals surface area contributed by atoms with Gasteiger partial charge >= 0.3 is 0 Å². The van der Waals surface area contributed by atoms with Gasteiger partial charge < -0.3 is 19.2 Å². The lowest BCUT2D eigenvalue weighted by molar-refractivity contribution is -0.117. The van der Waals surface area contributed by atoms with Crippen molar-refractivity contribution in [3.63, 3.8) is 0 Å². The molecule has 1 aliphatic rings. The quantitative estimate of drug-likeness (QED) is 0.459. The second-order valence-corrected chi connectivity index (χ2v) is 4.22. The van der Waals surface area contributed by atoms with Crippen LogP contribution in [0, 0.1) is 5.41 Å². The highest BCUT2D eigenvalue weighted by molar-refractivity contribution is 5.60. The number of aldehydes is 1. The molecule has 4 nitrogen and oxygen atoms in total. The summed E-state index contributed by atoms with van der Waals surface area (Å²) in [4.78, 5) is 13.2. The van der Waals surface area contributed by atoms with E-state index in [9.17, 15) is 4.79 Å². The first-order valence-corrected chi connectivity index (χ1v) is 5.53.